The molecule has 0 aliphatic carbocycles. The summed E-state index contributed by atoms with van der Waals surface area (Å²) in [7, 11) is -3.76. The number of aromatic nitrogens is 2. The lowest BCUT2D eigenvalue weighted by Crippen LogP contribution is -2.35. The Morgan fingerprint density at radius 3 is 2.66 bits per heavy atom. The molecule has 1 aliphatic rings. The number of rotatable bonds is 5. The maximum Gasteiger partial charge on any atom is 0.262 e. The van der Waals surface area contributed by atoms with E-state index >= 15 is 0 Å². The molecule has 1 N–H and O–H groups in total. The van der Waals surface area contributed by atoms with Crippen molar-refractivity contribution in [1.82, 2.24) is 13.9 Å². The molecule has 1 fully saturated rings. The first-order valence-corrected chi connectivity index (χ1v) is 12.9. The molecule has 11 heteroatoms. The van der Waals surface area contributed by atoms with Crippen molar-refractivity contribution < 1.29 is 13.2 Å². The fourth-order valence-corrected chi connectivity index (χ4v) is 6.77. The van der Waals surface area contributed by atoms with Crippen LogP contribution >= 0.6 is 22.9 Å². The van der Waals surface area contributed by atoms with E-state index in [0.29, 0.717) is 29.0 Å². The number of piperidine rings is 1. The van der Waals surface area contributed by atoms with Crippen LogP contribution in [0.4, 0.5) is 5.69 Å². The van der Waals surface area contributed by atoms with Crippen molar-refractivity contribution in [2.45, 2.75) is 44.6 Å². The lowest BCUT2D eigenvalue weighted by atomic mass is 10.2. The average molecular weight is 495 g/mol. The van der Waals surface area contributed by atoms with Crippen molar-refractivity contribution in [1.29, 1.82) is 0 Å². The number of benzene rings is 1. The minimum Gasteiger partial charge on any atom is -0.324 e. The SMILES string of the molecule is Cc1sc2ncn(CC(=O)Nc3ccc(Cl)c(S(=O)(=O)N4CCCCC4)c3)c(=O)c2c1C. The van der Waals surface area contributed by atoms with Gasteiger partial charge in [-0.25, -0.2) is 13.4 Å². The number of sulfonamides is 1. The molecule has 0 radical (unpaired) electrons. The van der Waals surface area contributed by atoms with Crippen molar-refractivity contribution in [2.75, 3.05) is 18.4 Å². The van der Waals surface area contributed by atoms with E-state index in [1.807, 2.05) is 13.8 Å². The predicted molar refractivity (Wildman–Crippen MR) is 126 cm³/mol. The van der Waals surface area contributed by atoms with Crippen molar-refractivity contribution in [3.63, 3.8) is 0 Å². The first-order chi connectivity index (χ1) is 15.2. The number of fused-ring (bicyclic) bond motifs is 1. The topological polar surface area (TPSA) is 101 Å². The van der Waals surface area contributed by atoms with E-state index in [2.05, 4.69) is 10.3 Å². The van der Waals surface area contributed by atoms with Crippen molar-refractivity contribution in [3.05, 3.63) is 50.3 Å². The number of thiophene rings is 1. The minimum atomic E-state index is -3.76. The number of amides is 1. The normalized spacial score (nSPS) is 15.2. The Labute approximate surface area is 194 Å². The highest BCUT2D eigenvalue weighted by Crippen LogP contribution is 2.29. The van der Waals surface area contributed by atoms with Crippen LogP contribution < -0.4 is 10.9 Å². The Bertz CT molecular complexity index is 1360. The van der Waals surface area contributed by atoms with Gasteiger partial charge in [0.25, 0.3) is 5.56 Å². The highest BCUT2D eigenvalue weighted by Gasteiger charge is 2.28. The molecule has 32 heavy (non-hydrogen) atoms. The number of aryl methyl sites for hydroxylation is 2. The molecule has 1 saturated heterocycles. The van der Waals surface area contributed by atoms with E-state index in [0.717, 1.165) is 29.7 Å². The van der Waals surface area contributed by atoms with Gasteiger partial charge in [-0.3, -0.25) is 14.2 Å². The molecule has 8 nitrogen and oxygen atoms in total. The summed E-state index contributed by atoms with van der Waals surface area (Å²) in [6, 6.07) is 4.35. The van der Waals surface area contributed by atoms with Gasteiger partial charge in [-0.2, -0.15) is 4.31 Å². The highest BCUT2D eigenvalue weighted by atomic mass is 35.5. The molecule has 1 aliphatic heterocycles. The van der Waals surface area contributed by atoms with Crippen LogP contribution in [0.15, 0.2) is 34.2 Å². The Hall–Kier alpha value is -2.27. The number of nitrogens with zero attached hydrogens (tertiary/aromatic N) is 3. The van der Waals surface area contributed by atoms with Crippen LogP contribution in [0, 0.1) is 13.8 Å². The monoisotopic (exact) mass is 494 g/mol. The van der Waals surface area contributed by atoms with Crippen LogP contribution in [0.1, 0.15) is 29.7 Å². The second-order valence-corrected chi connectivity index (χ2v) is 11.3. The highest BCUT2D eigenvalue weighted by molar-refractivity contribution is 7.89. The van der Waals surface area contributed by atoms with E-state index in [-0.39, 0.29) is 22.0 Å². The molecular formula is C21H23ClN4O4S2. The summed E-state index contributed by atoms with van der Waals surface area (Å²) < 4.78 is 28.7. The van der Waals surface area contributed by atoms with Gasteiger partial charge in [0.05, 0.1) is 16.7 Å². The van der Waals surface area contributed by atoms with E-state index in [9.17, 15) is 18.0 Å². The van der Waals surface area contributed by atoms with Crippen LogP contribution in [-0.2, 0) is 21.4 Å². The second-order valence-electron chi connectivity index (χ2n) is 7.80. The van der Waals surface area contributed by atoms with Crippen molar-refractivity contribution in [2.24, 2.45) is 0 Å². The summed E-state index contributed by atoms with van der Waals surface area (Å²) in [6.45, 7) is 4.45. The number of halogens is 1. The van der Waals surface area contributed by atoms with Gasteiger partial charge < -0.3 is 5.32 Å². The van der Waals surface area contributed by atoms with Crippen LogP contribution in [-0.4, -0.2) is 41.3 Å². The molecule has 4 rings (SSSR count). The first kappa shape index (κ1) is 22.9. The maximum absolute atomic E-state index is 13.0. The lowest BCUT2D eigenvalue weighted by molar-refractivity contribution is -0.116. The largest absolute Gasteiger partial charge is 0.324 e. The number of carbonyl (C=O) groups excluding carboxylic acids is 1. The molecule has 1 amide bonds. The van der Waals surface area contributed by atoms with E-state index < -0.39 is 15.9 Å². The van der Waals surface area contributed by atoms with Crippen LogP contribution in [0.25, 0.3) is 10.2 Å². The molecule has 3 aromatic rings. The minimum absolute atomic E-state index is 0.0384. The first-order valence-electron chi connectivity index (χ1n) is 10.2. The van der Waals surface area contributed by atoms with E-state index in [1.54, 1.807) is 0 Å². The third kappa shape index (κ3) is 4.32. The summed E-state index contributed by atoms with van der Waals surface area (Å²) in [4.78, 5) is 31.3. The summed E-state index contributed by atoms with van der Waals surface area (Å²) >= 11 is 7.63. The zero-order valence-corrected chi connectivity index (χ0v) is 20.1. The lowest BCUT2D eigenvalue weighted by Gasteiger charge is -2.26. The fourth-order valence-electron chi connectivity index (χ4n) is 3.76. The van der Waals surface area contributed by atoms with Crippen LogP contribution in [0.2, 0.25) is 5.02 Å². The molecule has 3 heterocycles. The fraction of sp³-hybridized carbons (Fsp3) is 0.381. The second kappa shape index (κ2) is 8.93. The van der Waals surface area contributed by atoms with Gasteiger partial charge in [0, 0.05) is 23.7 Å². The molecule has 170 valence electrons. The number of carbonyl (C=O) groups is 1. The standard InChI is InChI=1S/C21H23ClN4O4S2/c1-13-14(2)31-20-19(13)21(28)25(12-23-20)11-18(27)24-15-6-7-16(22)17(10-15)32(29,30)26-8-4-3-5-9-26/h6-7,10,12H,3-5,8-9,11H2,1-2H3,(H,24,27). The average Bonchev–Trinajstić information content (AvgIpc) is 3.06. The third-order valence-corrected chi connectivity index (χ3v) is 9.11. The maximum atomic E-state index is 13.0. The zero-order valence-electron chi connectivity index (χ0n) is 17.7. The number of nitrogens with one attached hydrogen (secondary N) is 1. The molecule has 2 aromatic heterocycles. The Balaban J connectivity index is 1.56. The van der Waals surface area contributed by atoms with Crippen molar-refractivity contribution in [3.8, 4) is 0 Å². The quantitative estimate of drug-likeness (QED) is 0.584. The van der Waals surface area contributed by atoms with Gasteiger partial charge in [0.2, 0.25) is 15.9 Å². The van der Waals surface area contributed by atoms with Gasteiger partial charge in [0.1, 0.15) is 16.3 Å². The number of anilines is 1. The molecule has 0 unspecified atom stereocenters. The Morgan fingerprint density at radius 1 is 1.22 bits per heavy atom. The van der Waals surface area contributed by atoms with Crippen LogP contribution in [0.3, 0.4) is 0 Å². The Kier molecular flexibility index (Phi) is 6.39. The van der Waals surface area contributed by atoms with Crippen LogP contribution in [0.5, 0.6) is 0 Å². The summed E-state index contributed by atoms with van der Waals surface area (Å²) in [5.41, 5.74) is 0.874. The number of hydrogen-bond acceptors (Lipinski definition) is 6. The summed E-state index contributed by atoms with van der Waals surface area (Å²) in [5.74, 6) is -0.471. The van der Waals surface area contributed by atoms with E-state index in [4.69, 9.17) is 11.6 Å². The summed E-state index contributed by atoms with van der Waals surface area (Å²) in [6.07, 6.45) is 3.97. The van der Waals surface area contributed by atoms with E-state index in [1.165, 1.54) is 44.7 Å². The molecule has 0 atom stereocenters. The van der Waals surface area contributed by atoms with Gasteiger partial charge in [-0.1, -0.05) is 18.0 Å². The van der Waals surface area contributed by atoms with Crippen molar-refractivity contribution >= 4 is 54.8 Å². The zero-order chi connectivity index (χ0) is 23.0. The van der Waals surface area contributed by atoms with Gasteiger partial charge in [-0.05, 0) is 50.5 Å². The molecule has 0 saturated carbocycles. The number of hydrogen-bond donors (Lipinski definition) is 1. The van der Waals surface area contributed by atoms with Gasteiger partial charge in [0.15, 0.2) is 0 Å². The Morgan fingerprint density at radius 2 is 1.94 bits per heavy atom. The predicted octanol–water partition coefficient (Wildman–Crippen LogP) is 3.54. The smallest absolute Gasteiger partial charge is 0.262 e. The third-order valence-electron chi connectivity index (χ3n) is 5.62. The molecular weight excluding hydrogens is 472 g/mol. The molecule has 0 bridgehead atoms. The molecule has 1 aromatic carbocycles. The van der Waals surface area contributed by atoms with Gasteiger partial charge >= 0.3 is 0 Å². The summed E-state index contributed by atoms with van der Waals surface area (Å²) in [5, 5.41) is 3.28. The van der Waals surface area contributed by atoms with Gasteiger partial charge in [-0.15, -0.1) is 11.3 Å². The molecule has 0 spiro atoms.